The molecular weight excluding hydrogens is 722 g/mol. The van der Waals surface area contributed by atoms with Crippen LogP contribution in [0.3, 0.4) is 0 Å². The molecule has 0 unspecified atom stereocenters. The highest BCUT2D eigenvalue weighted by Gasteiger charge is 2.43. The van der Waals surface area contributed by atoms with Crippen LogP contribution < -0.4 is 4.90 Å². The van der Waals surface area contributed by atoms with Crippen molar-refractivity contribution in [1.29, 1.82) is 0 Å². The van der Waals surface area contributed by atoms with Gasteiger partial charge in [0.05, 0.1) is 20.5 Å². The number of ether oxygens (including phenoxy) is 3. The number of methoxy groups -OCH3 is 1. The molecule has 2 aliphatic rings. The fraction of sp³-hybridized carbons (Fsp3) is 0.395. The summed E-state index contributed by atoms with van der Waals surface area (Å²) in [6.45, 7) is 10.0. The highest BCUT2D eigenvalue weighted by Crippen LogP contribution is 2.49. The normalized spacial score (nSPS) is 16.3. The van der Waals surface area contributed by atoms with E-state index in [0.717, 1.165) is 40.4 Å². The van der Waals surface area contributed by atoms with Crippen LogP contribution in [0.4, 0.5) is 10.5 Å². The van der Waals surface area contributed by atoms with Gasteiger partial charge in [-0.1, -0.05) is 41.4 Å². The summed E-state index contributed by atoms with van der Waals surface area (Å²) < 4.78 is 47.2. The zero-order chi connectivity index (χ0) is 36.8. The summed E-state index contributed by atoms with van der Waals surface area (Å²) in [5.41, 5.74) is 2.93. The molecule has 14 heteroatoms. The van der Waals surface area contributed by atoms with Gasteiger partial charge >= 0.3 is 6.09 Å². The zero-order valence-electron chi connectivity index (χ0n) is 29.9. The lowest BCUT2D eigenvalue weighted by Crippen LogP contribution is -2.50. The van der Waals surface area contributed by atoms with Crippen molar-refractivity contribution in [2.45, 2.75) is 63.1 Å². The summed E-state index contributed by atoms with van der Waals surface area (Å²) in [4.78, 5) is 26.9. The number of hydrogen-bond donors (Lipinski definition) is 0. The Hall–Kier alpha value is -4.01. The van der Waals surface area contributed by atoms with E-state index < -0.39 is 21.2 Å². The minimum Gasteiger partial charge on any atom is -0.444 e. The van der Waals surface area contributed by atoms with Crippen molar-refractivity contribution < 1.29 is 27.4 Å². The molecule has 3 aromatic heterocycles. The molecule has 0 radical (unpaired) electrons. The topological polar surface area (TPSA) is 116 Å². The average Bonchev–Trinajstić information content (AvgIpc) is 3.74. The number of benzene rings is 2. The van der Waals surface area contributed by atoms with E-state index in [1.165, 1.54) is 21.5 Å². The van der Waals surface area contributed by atoms with Gasteiger partial charge in [-0.05, 0) is 82.9 Å². The highest BCUT2D eigenvalue weighted by molar-refractivity contribution is 7.90. The Kier molecular flexibility index (Phi) is 9.85. The van der Waals surface area contributed by atoms with Crippen LogP contribution in [-0.2, 0) is 29.8 Å². The third kappa shape index (κ3) is 6.92. The molecular formula is C38H42ClN5O6S2. The van der Waals surface area contributed by atoms with Crippen molar-refractivity contribution in [2.75, 3.05) is 45.0 Å². The van der Waals surface area contributed by atoms with Gasteiger partial charge in [0.1, 0.15) is 23.0 Å². The summed E-state index contributed by atoms with van der Waals surface area (Å²) in [5.74, 6) is 0. The van der Waals surface area contributed by atoms with Crippen LogP contribution >= 0.6 is 22.9 Å². The number of hydrogen-bond acceptors (Lipinski definition) is 10. The largest absolute Gasteiger partial charge is 0.444 e. The molecule has 1 aliphatic carbocycles. The molecule has 0 N–H and O–H groups in total. The second-order valence-corrected chi connectivity index (χ2v) is 17.5. The van der Waals surface area contributed by atoms with Gasteiger partial charge in [-0.15, -0.1) is 11.3 Å². The van der Waals surface area contributed by atoms with Gasteiger partial charge in [0, 0.05) is 62.3 Å². The lowest BCUT2D eigenvalue weighted by molar-refractivity contribution is -0.171. The first-order valence-electron chi connectivity index (χ1n) is 17.2. The molecule has 0 spiro atoms. The minimum absolute atomic E-state index is 0.150. The van der Waals surface area contributed by atoms with Gasteiger partial charge in [0.15, 0.2) is 5.65 Å². The number of halogens is 1. The molecule has 1 saturated heterocycles. The predicted molar refractivity (Wildman–Crippen MR) is 204 cm³/mol. The first-order chi connectivity index (χ1) is 24.8. The summed E-state index contributed by atoms with van der Waals surface area (Å²) in [6.07, 6.45) is 5.68. The lowest BCUT2D eigenvalue weighted by Gasteiger charge is -2.39. The maximum atomic E-state index is 14.5. The molecule has 274 valence electrons. The van der Waals surface area contributed by atoms with Crippen molar-refractivity contribution in [2.24, 2.45) is 0 Å². The molecule has 5 aromatic rings. The number of aromatic nitrogens is 3. The Labute approximate surface area is 313 Å². The van der Waals surface area contributed by atoms with Crippen molar-refractivity contribution in [3.05, 3.63) is 82.6 Å². The van der Waals surface area contributed by atoms with E-state index in [4.69, 9.17) is 30.8 Å². The van der Waals surface area contributed by atoms with E-state index >= 15 is 0 Å². The second-order valence-electron chi connectivity index (χ2n) is 14.3. The Morgan fingerprint density at radius 1 is 0.981 bits per heavy atom. The van der Waals surface area contributed by atoms with Crippen LogP contribution in [0.5, 0.6) is 0 Å². The number of rotatable bonds is 9. The first kappa shape index (κ1) is 36.4. The fourth-order valence-corrected chi connectivity index (χ4v) is 9.60. The molecule has 1 aliphatic heterocycles. The minimum atomic E-state index is -4.11. The third-order valence-corrected chi connectivity index (χ3v) is 12.7. The van der Waals surface area contributed by atoms with Gasteiger partial charge in [-0.25, -0.2) is 27.2 Å². The smallest absolute Gasteiger partial charge is 0.410 e. The molecule has 4 heterocycles. The van der Waals surface area contributed by atoms with E-state index in [1.54, 1.807) is 42.5 Å². The molecule has 7 rings (SSSR count). The third-order valence-electron chi connectivity index (χ3n) is 9.52. The second kappa shape index (κ2) is 14.1. The van der Waals surface area contributed by atoms with E-state index in [-0.39, 0.29) is 23.4 Å². The number of fused-ring (bicyclic) bond motifs is 1. The van der Waals surface area contributed by atoms with Crippen LogP contribution in [0.2, 0.25) is 5.02 Å². The molecule has 0 atom stereocenters. The average molecular weight is 764 g/mol. The Morgan fingerprint density at radius 2 is 1.67 bits per heavy atom. The number of nitrogens with zero attached hydrogens (tertiary/aromatic N) is 5. The van der Waals surface area contributed by atoms with Gasteiger partial charge in [-0.2, -0.15) is 0 Å². The number of thiazole rings is 1. The molecule has 52 heavy (non-hydrogen) atoms. The Balaban J connectivity index is 1.27. The quantitative estimate of drug-likeness (QED) is 0.137. The van der Waals surface area contributed by atoms with Crippen LogP contribution in [0.1, 0.15) is 50.6 Å². The molecule has 11 nitrogen and oxygen atoms in total. The van der Waals surface area contributed by atoms with Gasteiger partial charge in [0.2, 0.25) is 0 Å². The molecule has 1 amide bonds. The summed E-state index contributed by atoms with van der Waals surface area (Å²) in [5, 5.41) is 1.82. The maximum absolute atomic E-state index is 14.5. The van der Waals surface area contributed by atoms with Crippen molar-refractivity contribution in [1.82, 2.24) is 18.8 Å². The monoisotopic (exact) mass is 763 g/mol. The zero-order valence-corrected chi connectivity index (χ0v) is 32.3. The standard InChI is InChI=1S/C38H42ClN5O6S2/c1-25-7-13-28(14-8-25)52(46,47)44-31(26-9-11-27(12-10-26)42-17-19-43(20-18-42)36(45)50-37(2,3)4)21-29-33(30(39)22-40-34(29)44)32-23-41-35(51-32)38(15-6-16-38)49-24-48-5/h7-14,21-23H,6,15-20,24H2,1-5H3. The van der Waals surface area contributed by atoms with Gasteiger partial charge in [-0.3, -0.25) is 0 Å². The lowest BCUT2D eigenvalue weighted by atomic mass is 9.80. The number of piperazine rings is 1. The summed E-state index contributed by atoms with van der Waals surface area (Å²) >= 11 is 8.37. The van der Waals surface area contributed by atoms with E-state index in [0.29, 0.717) is 53.4 Å². The van der Waals surface area contributed by atoms with Crippen molar-refractivity contribution in [3.63, 3.8) is 0 Å². The Bertz CT molecular complexity index is 2200. The fourth-order valence-electron chi connectivity index (χ4n) is 6.62. The van der Waals surface area contributed by atoms with E-state index in [2.05, 4.69) is 9.88 Å². The maximum Gasteiger partial charge on any atom is 0.410 e. The number of amides is 1. The van der Waals surface area contributed by atoms with Crippen molar-refractivity contribution in [3.8, 4) is 21.7 Å². The number of pyridine rings is 1. The molecule has 1 saturated carbocycles. The predicted octanol–water partition coefficient (Wildman–Crippen LogP) is 8.08. The number of aryl methyl sites for hydroxylation is 1. The Morgan fingerprint density at radius 3 is 2.29 bits per heavy atom. The molecule has 2 fully saturated rings. The van der Waals surface area contributed by atoms with E-state index in [1.807, 2.05) is 58.0 Å². The number of carbonyl (C=O) groups is 1. The van der Waals surface area contributed by atoms with Crippen LogP contribution in [0, 0.1) is 6.92 Å². The molecule has 2 aromatic carbocycles. The van der Waals surface area contributed by atoms with E-state index in [9.17, 15) is 13.2 Å². The van der Waals surface area contributed by atoms with Crippen LogP contribution in [-0.4, -0.2) is 79.0 Å². The first-order valence-corrected chi connectivity index (χ1v) is 19.9. The molecule has 0 bridgehead atoms. The summed E-state index contributed by atoms with van der Waals surface area (Å²) in [7, 11) is -2.51. The number of carbonyl (C=O) groups excluding carboxylic acids is 1. The number of anilines is 1. The summed E-state index contributed by atoms with van der Waals surface area (Å²) in [6, 6.07) is 16.5. The van der Waals surface area contributed by atoms with Gasteiger partial charge in [0.25, 0.3) is 10.0 Å². The van der Waals surface area contributed by atoms with Gasteiger partial charge < -0.3 is 24.0 Å². The highest BCUT2D eigenvalue weighted by atomic mass is 35.5. The van der Waals surface area contributed by atoms with Crippen LogP contribution in [0.25, 0.3) is 32.7 Å². The van der Waals surface area contributed by atoms with Crippen LogP contribution in [0.15, 0.2) is 71.9 Å². The van der Waals surface area contributed by atoms with Crippen molar-refractivity contribution >= 4 is 55.8 Å². The SMILES string of the molecule is COCOC1(c2ncc(-c3c(Cl)cnc4c3cc(-c3ccc(N5CCN(C(=O)OC(C)(C)C)CC5)cc3)n4S(=O)(=O)c3ccc(C)cc3)s2)CCC1.